The lowest BCUT2D eigenvalue weighted by Gasteiger charge is -2.35. The third kappa shape index (κ3) is 4.14. The van der Waals surface area contributed by atoms with Gasteiger partial charge in [-0.05, 0) is 55.3 Å². The largest absolute Gasteiger partial charge is 0.497 e. The van der Waals surface area contributed by atoms with Crippen molar-refractivity contribution in [3.8, 4) is 17.1 Å². The number of urea groups is 1. The molecule has 1 aliphatic heterocycles. The van der Waals surface area contributed by atoms with Crippen LogP contribution in [0.1, 0.15) is 30.0 Å². The predicted molar refractivity (Wildman–Crippen MR) is 130 cm³/mol. The van der Waals surface area contributed by atoms with Gasteiger partial charge in [-0.25, -0.2) is 9.18 Å². The molecule has 4 aromatic rings. The topological polar surface area (TPSA) is 80.5 Å². The maximum Gasteiger partial charge on any atom is 0.326 e. The first-order valence-electron chi connectivity index (χ1n) is 11.1. The van der Waals surface area contributed by atoms with Gasteiger partial charge in [0.25, 0.3) is 5.89 Å². The van der Waals surface area contributed by atoms with E-state index in [4.69, 9.17) is 9.26 Å². The summed E-state index contributed by atoms with van der Waals surface area (Å²) in [5.41, 5.74) is 3.79. The molecule has 0 saturated carbocycles. The summed E-state index contributed by atoms with van der Waals surface area (Å²) in [5, 5.41) is 7.22. The van der Waals surface area contributed by atoms with Gasteiger partial charge in [0.05, 0.1) is 24.4 Å². The maximum absolute atomic E-state index is 13.9. The van der Waals surface area contributed by atoms with Crippen molar-refractivity contribution < 1.29 is 18.4 Å². The van der Waals surface area contributed by atoms with Crippen molar-refractivity contribution in [3.05, 3.63) is 101 Å². The highest BCUT2D eigenvalue weighted by molar-refractivity contribution is 6.01. The number of methoxy groups -OCH3 is 1. The average molecular weight is 471 g/mol. The van der Waals surface area contributed by atoms with Crippen LogP contribution in [0.15, 0.2) is 83.0 Å². The molecule has 1 aromatic heterocycles. The number of allylic oxidation sites excluding steroid dienone is 1. The van der Waals surface area contributed by atoms with E-state index < -0.39 is 6.04 Å². The van der Waals surface area contributed by atoms with E-state index in [1.807, 2.05) is 61.5 Å². The summed E-state index contributed by atoms with van der Waals surface area (Å²) in [6.07, 6.45) is 0. The fraction of sp³-hybridized carbons (Fsp3) is 0.148. The molecule has 176 valence electrons. The second kappa shape index (κ2) is 9.06. The SMILES string of the molecule is COc1cccc(C2NC(=O)N(c3ccc(F)c(C)c3)C(C)=C2c2nc(-c3ccccc3)no2)c1. The van der Waals surface area contributed by atoms with Crippen LogP contribution in [0.4, 0.5) is 14.9 Å². The molecule has 2 amide bonds. The fourth-order valence-corrected chi connectivity index (χ4v) is 4.21. The molecule has 2 heterocycles. The van der Waals surface area contributed by atoms with Crippen LogP contribution in [0, 0.1) is 12.7 Å². The summed E-state index contributed by atoms with van der Waals surface area (Å²) in [7, 11) is 1.59. The van der Waals surface area contributed by atoms with Gasteiger partial charge in [0.2, 0.25) is 5.82 Å². The first kappa shape index (κ1) is 22.3. The summed E-state index contributed by atoms with van der Waals surface area (Å²) >= 11 is 0. The number of anilines is 1. The number of aromatic nitrogens is 2. The van der Waals surface area contributed by atoms with E-state index in [2.05, 4.69) is 15.5 Å². The van der Waals surface area contributed by atoms with Crippen LogP contribution >= 0.6 is 0 Å². The minimum atomic E-state index is -0.570. The zero-order valence-corrected chi connectivity index (χ0v) is 19.4. The van der Waals surface area contributed by atoms with Gasteiger partial charge in [0, 0.05) is 11.3 Å². The normalized spacial score (nSPS) is 15.8. The number of amides is 2. The van der Waals surface area contributed by atoms with Crippen molar-refractivity contribution in [1.29, 1.82) is 0 Å². The number of aryl methyl sites for hydroxylation is 1. The lowest BCUT2D eigenvalue weighted by atomic mass is 9.94. The molecular weight excluding hydrogens is 447 g/mol. The number of ether oxygens (including phenoxy) is 1. The zero-order valence-electron chi connectivity index (χ0n) is 19.4. The van der Waals surface area contributed by atoms with Crippen LogP contribution in [0.5, 0.6) is 5.75 Å². The molecule has 0 bridgehead atoms. The van der Waals surface area contributed by atoms with E-state index in [0.29, 0.717) is 34.1 Å². The Morgan fingerprint density at radius 3 is 2.57 bits per heavy atom. The smallest absolute Gasteiger partial charge is 0.326 e. The molecule has 1 unspecified atom stereocenters. The van der Waals surface area contributed by atoms with E-state index in [0.717, 1.165) is 11.1 Å². The van der Waals surface area contributed by atoms with Crippen molar-refractivity contribution in [3.63, 3.8) is 0 Å². The van der Waals surface area contributed by atoms with Crippen LogP contribution in [-0.4, -0.2) is 23.3 Å². The Balaban J connectivity index is 1.67. The molecule has 0 spiro atoms. The number of nitrogens with one attached hydrogen (secondary N) is 1. The number of nitrogens with zero attached hydrogens (tertiary/aromatic N) is 3. The number of rotatable bonds is 5. The Hall–Kier alpha value is -4.46. The Labute approximate surface area is 201 Å². The summed E-state index contributed by atoms with van der Waals surface area (Å²) in [5.74, 6) is 1.02. The van der Waals surface area contributed by atoms with Crippen molar-refractivity contribution in [2.45, 2.75) is 19.9 Å². The Bertz CT molecular complexity index is 1430. The average Bonchev–Trinajstić information content (AvgIpc) is 3.36. The first-order chi connectivity index (χ1) is 17.0. The van der Waals surface area contributed by atoms with Gasteiger partial charge in [0.1, 0.15) is 11.6 Å². The van der Waals surface area contributed by atoms with Gasteiger partial charge in [-0.1, -0.05) is 47.6 Å². The molecule has 1 N–H and O–H groups in total. The van der Waals surface area contributed by atoms with E-state index in [9.17, 15) is 9.18 Å². The zero-order chi connectivity index (χ0) is 24.5. The minimum Gasteiger partial charge on any atom is -0.497 e. The van der Waals surface area contributed by atoms with Gasteiger partial charge in [-0.15, -0.1) is 0 Å². The molecule has 8 heteroatoms. The summed E-state index contributed by atoms with van der Waals surface area (Å²) in [4.78, 5) is 19.5. The van der Waals surface area contributed by atoms with Crippen molar-refractivity contribution >= 4 is 17.3 Å². The van der Waals surface area contributed by atoms with Crippen molar-refractivity contribution in [2.75, 3.05) is 12.0 Å². The molecule has 0 radical (unpaired) electrons. The number of hydrogen-bond acceptors (Lipinski definition) is 5. The predicted octanol–water partition coefficient (Wildman–Crippen LogP) is 5.89. The minimum absolute atomic E-state index is 0.276. The van der Waals surface area contributed by atoms with Crippen LogP contribution in [0.3, 0.4) is 0 Å². The second-order valence-electron chi connectivity index (χ2n) is 8.22. The molecule has 7 nitrogen and oxygen atoms in total. The molecule has 5 rings (SSSR count). The highest BCUT2D eigenvalue weighted by Gasteiger charge is 2.36. The third-order valence-electron chi connectivity index (χ3n) is 6.00. The monoisotopic (exact) mass is 470 g/mol. The second-order valence-corrected chi connectivity index (χ2v) is 8.22. The van der Waals surface area contributed by atoms with Crippen LogP contribution in [0.2, 0.25) is 0 Å². The van der Waals surface area contributed by atoms with Gasteiger partial charge in [-0.3, -0.25) is 4.90 Å². The van der Waals surface area contributed by atoms with Gasteiger partial charge in [0.15, 0.2) is 0 Å². The lowest BCUT2D eigenvalue weighted by molar-refractivity contribution is 0.244. The first-order valence-corrected chi connectivity index (χ1v) is 11.1. The molecular formula is C27H23FN4O3. The molecule has 0 saturated heterocycles. The lowest BCUT2D eigenvalue weighted by Crippen LogP contribution is -2.46. The Kier molecular flexibility index (Phi) is 5.78. The van der Waals surface area contributed by atoms with Crippen LogP contribution in [-0.2, 0) is 0 Å². The third-order valence-corrected chi connectivity index (χ3v) is 6.00. The maximum atomic E-state index is 13.9. The molecule has 35 heavy (non-hydrogen) atoms. The van der Waals surface area contributed by atoms with Gasteiger partial charge in [-0.2, -0.15) is 4.98 Å². The van der Waals surface area contributed by atoms with E-state index in [1.165, 1.54) is 11.0 Å². The summed E-state index contributed by atoms with van der Waals surface area (Å²) in [6.45, 7) is 3.47. The molecule has 0 fully saturated rings. The summed E-state index contributed by atoms with van der Waals surface area (Å²) in [6, 6.07) is 20.5. The van der Waals surface area contributed by atoms with Gasteiger partial charge < -0.3 is 14.6 Å². The van der Waals surface area contributed by atoms with Crippen LogP contribution in [0.25, 0.3) is 17.0 Å². The highest BCUT2D eigenvalue weighted by atomic mass is 19.1. The fourth-order valence-electron chi connectivity index (χ4n) is 4.21. The van der Waals surface area contributed by atoms with E-state index in [-0.39, 0.29) is 17.7 Å². The standard InChI is InChI=1S/C27H23FN4O3/c1-16-14-20(12-13-22(16)28)32-17(2)23(26-30-25(31-35-26)18-8-5-4-6-9-18)24(29-27(32)33)19-10-7-11-21(15-19)34-3/h4-15,24H,1-3H3,(H,29,33). The van der Waals surface area contributed by atoms with Crippen LogP contribution < -0.4 is 15.0 Å². The highest BCUT2D eigenvalue weighted by Crippen LogP contribution is 2.40. The molecule has 1 aliphatic rings. The summed E-state index contributed by atoms with van der Waals surface area (Å²) < 4.78 is 25.0. The number of benzene rings is 3. The van der Waals surface area contributed by atoms with Gasteiger partial charge >= 0.3 is 6.03 Å². The quantitative estimate of drug-likeness (QED) is 0.393. The molecule has 1 atom stereocenters. The van der Waals surface area contributed by atoms with E-state index in [1.54, 1.807) is 26.2 Å². The number of carbonyl (C=O) groups excluding carboxylic acids is 1. The molecule has 3 aromatic carbocycles. The molecule has 0 aliphatic carbocycles. The number of halogens is 1. The Morgan fingerprint density at radius 2 is 1.83 bits per heavy atom. The Morgan fingerprint density at radius 1 is 1.03 bits per heavy atom. The van der Waals surface area contributed by atoms with Crippen molar-refractivity contribution in [2.24, 2.45) is 0 Å². The van der Waals surface area contributed by atoms with E-state index >= 15 is 0 Å². The number of carbonyl (C=O) groups is 1. The van der Waals surface area contributed by atoms with Crippen molar-refractivity contribution in [1.82, 2.24) is 15.5 Å². The number of hydrogen-bond donors (Lipinski definition) is 1.